The summed E-state index contributed by atoms with van der Waals surface area (Å²) >= 11 is 0. The molecule has 1 aliphatic rings. The monoisotopic (exact) mass is 175 g/mol. The van der Waals surface area contributed by atoms with Crippen molar-refractivity contribution >= 4 is 11.8 Å². The number of nitrogens with two attached hydrogens (primary N) is 1. The molecule has 0 radical (unpaired) electrons. The van der Waals surface area contributed by atoms with Gasteiger partial charge in [0.15, 0.2) is 0 Å². The molecule has 0 spiro atoms. The number of hydrogen-bond donors (Lipinski definition) is 1. The van der Waals surface area contributed by atoms with E-state index in [9.17, 15) is 0 Å². The molecule has 0 aromatic heterocycles. The van der Waals surface area contributed by atoms with E-state index < -0.39 is 0 Å². The number of nitrogen functional groups attached to an aromatic ring is 1. The fraction of sp³-hybridized carbons (Fsp3) is 0.273. The molecule has 0 amide bonds. The average Bonchev–Trinajstić information content (AvgIpc) is 2.08. The van der Waals surface area contributed by atoms with Gasteiger partial charge in [-0.2, -0.15) is 0 Å². The van der Waals surface area contributed by atoms with Gasteiger partial charge in [-0.15, -0.1) is 0 Å². The molecule has 2 N–H and O–H groups in total. The molecular formula is C11H13NO. The van der Waals surface area contributed by atoms with E-state index in [1.54, 1.807) is 0 Å². The first-order valence-corrected chi connectivity index (χ1v) is 4.41. The molecule has 68 valence electrons. The van der Waals surface area contributed by atoms with Crippen LogP contribution in [0.1, 0.15) is 19.4 Å². The van der Waals surface area contributed by atoms with Gasteiger partial charge in [0.05, 0.1) is 0 Å². The zero-order chi connectivity index (χ0) is 9.42. The van der Waals surface area contributed by atoms with Crippen molar-refractivity contribution in [3.8, 4) is 5.75 Å². The summed E-state index contributed by atoms with van der Waals surface area (Å²) in [6, 6.07) is 5.72. The third-order valence-electron chi connectivity index (χ3n) is 2.36. The minimum atomic E-state index is 0.177. The van der Waals surface area contributed by atoms with Crippen LogP contribution in [0.3, 0.4) is 0 Å². The van der Waals surface area contributed by atoms with E-state index in [1.807, 2.05) is 25.1 Å². The predicted octanol–water partition coefficient (Wildman–Crippen LogP) is 2.45. The largest absolute Gasteiger partial charge is 0.486 e. The minimum absolute atomic E-state index is 0.177. The van der Waals surface area contributed by atoms with Crippen molar-refractivity contribution in [2.45, 2.75) is 20.0 Å². The van der Waals surface area contributed by atoms with E-state index in [0.29, 0.717) is 0 Å². The van der Waals surface area contributed by atoms with Crippen molar-refractivity contribution in [2.24, 2.45) is 0 Å². The smallest absolute Gasteiger partial charge is 0.127 e. The Hall–Kier alpha value is -1.44. The van der Waals surface area contributed by atoms with Crippen LogP contribution in [0.5, 0.6) is 5.75 Å². The fourth-order valence-electron chi connectivity index (χ4n) is 1.43. The Balaban J connectivity index is 2.51. The maximum absolute atomic E-state index is 5.68. The lowest BCUT2D eigenvalue weighted by Gasteiger charge is -2.22. The number of hydrogen-bond acceptors (Lipinski definition) is 2. The molecule has 0 aliphatic carbocycles. The SMILES string of the molecule is CC1=Cc2cc(N)ccc2OC1C. The highest BCUT2D eigenvalue weighted by atomic mass is 16.5. The molecule has 1 aromatic carbocycles. The molecule has 0 saturated heterocycles. The highest BCUT2D eigenvalue weighted by molar-refractivity contribution is 5.66. The lowest BCUT2D eigenvalue weighted by Crippen LogP contribution is -2.17. The Morgan fingerprint density at radius 1 is 1.38 bits per heavy atom. The van der Waals surface area contributed by atoms with Gasteiger partial charge >= 0.3 is 0 Å². The first kappa shape index (κ1) is 8.17. The van der Waals surface area contributed by atoms with Gasteiger partial charge in [-0.05, 0) is 43.7 Å². The first-order chi connectivity index (χ1) is 6.16. The Labute approximate surface area is 78.0 Å². The van der Waals surface area contributed by atoms with Gasteiger partial charge in [0.25, 0.3) is 0 Å². The molecule has 1 aliphatic heterocycles. The Morgan fingerprint density at radius 2 is 2.15 bits per heavy atom. The number of ether oxygens (including phenoxy) is 1. The molecule has 2 rings (SSSR count). The molecule has 0 bridgehead atoms. The van der Waals surface area contributed by atoms with Crippen molar-refractivity contribution in [1.29, 1.82) is 0 Å². The second-order valence-electron chi connectivity index (χ2n) is 3.45. The van der Waals surface area contributed by atoms with Gasteiger partial charge in [-0.1, -0.05) is 0 Å². The normalized spacial score (nSPS) is 20.2. The molecule has 1 atom stereocenters. The maximum atomic E-state index is 5.68. The second kappa shape index (κ2) is 2.80. The number of rotatable bonds is 0. The minimum Gasteiger partial charge on any atom is -0.486 e. The summed E-state index contributed by atoms with van der Waals surface area (Å²) in [5.74, 6) is 0.923. The van der Waals surface area contributed by atoms with Crippen LogP contribution in [-0.2, 0) is 0 Å². The van der Waals surface area contributed by atoms with Crippen LogP contribution >= 0.6 is 0 Å². The standard InChI is InChI=1S/C11H13NO/c1-7-5-9-6-10(12)3-4-11(9)13-8(7)2/h3-6,8H,12H2,1-2H3. The molecule has 1 aromatic rings. The maximum Gasteiger partial charge on any atom is 0.127 e. The van der Waals surface area contributed by atoms with Gasteiger partial charge in [0, 0.05) is 11.3 Å². The summed E-state index contributed by atoms with van der Waals surface area (Å²) < 4.78 is 5.68. The van der Waals surface area contributed by atoms with Gasteiger partial charge in [-0.3, -0.25) is 0 Å². The Kier molecular flexibility index (Phi) is 1.76. The molecule has 0 fully saturated rings. The molecule has 0 saturated carbocycles. The van der Waals surface area contributed by atoms with Crippen LogP contribution in [0.25, 0.3) is 6.08 Å². The average molecular weight is 175 g/mol. The van der Waals surface area contributed by atoms with Crippen LogP contribution in [0.4, 0.5) is 5.69 Å². The quantitative estimate of drug-likeness (QED) is 0.615. The van der Waals surface area contributed by atoms with Gasteiger partial charge < -0.3 is 10.5 Å². The summed E-state index contributed by atoms with van der Waals surface area (Å²) in [5, 5.41) is 0. The van der Waals surface area contributed by atoms with Gasteiger partial charge in [0.1, 0.15) is 11.9 Å². The summed E-state index contributed by atoms with van der Waals surface area (Å²) in [6.45, 7) is 4.11. The third-order valence-corrected chi connectivity index (χ3v) is 2.36. The second-order valence-corrected chi connectivity index (χ2v) is 3.45. The van der Waals surface area contributed by atoms with Crippen LogP contribution in [0.2, 0.25) is 0 Å². The van der Waals surface area contributed by atoms with Crippen LogP contribution < -0.4 is 10.5 Å². The Morgan fingerprint density at radius 3 is 2.92 bits per heavy atom. The molecular weight excluding hydrogens is 162 g/mol. The van der Waals surface area contributed by atoms with Crippen molar-refractivity contribution in [2.75, 3.05) is 5.73 Å². The number of fused-ring (bicyclic) bond motifs is 1. The fourth-order valence-corrected chi connectivity index (χ4v) is 1.43. The van der Waals surface area contributed by atoms with E-state index in [-0.39, 0.29) is 6.10 Å². The predicted molar refractivity (Wildman–Crippen MR) is 54.6 cm³/mol. The Bertz CT molecular complexity index is 368. The van der Waals surface area contributed by atoms with Crippen molar-refractivity contribution in [3.05, 3.63) is 29.3 Å². The molecule has 2 nitrogen and oxygen atoms in total. The zero-order valence-corrected chi connectivity index (χ0v) is 7.87. The van der Waals surface area contributed by atoms with Crippen LogP contribution in [0.15, 0.2) is 23.8 Å². The van der Waals surface area contributed by atoms with Crippen LogP contribution in [0, 0.1) is 0 Å². The first-order valence-electron chi connectivity index (χ1n) is 4.41. The highest BCUT2D eigenvalue weighted by Gasteiger charge is 2.14. The third kappa shape index (κ3) is 1.39. The number of anilines is 1. The molecule has 13 heavy (non-hydrogen) atoms. The van der Waals surface area contributed by atoms with Crippen molar-refractivity contribution in [3.63, 3.8) is 0 Å². The summed E-state index contributed by atoms with van der Waals surface area (Å²) in [5.41, 5.74) is 8.77. The van der Waals surface area contributed by atoms with Crippen molar-refractivity contribution < 1.29 is 4.74 Å². The summed E-state index contributed by atoms with van der Waals surface area (Å²) in [6.07, 6.45) is 2.30. The van der Waals surface area contributed by atoms with E-state index >= 15 is 0 Å². The van der Waals surface area contributed by atoms with E-state index in [1.165, 1.54) is 5.57 Å². The molecule has 1 heterocycles. The van der Waals surface area contributed by atoms with Gasteiger partial charge in [-0.25, -0.2) is 0 Å². The lowest BCUT2D eigenvalue weighted by atomic mass is 10.0. The van der Waals surface area contributed by atoms with Crippen molar-refractivity contribution in [1.82, 2.24) is 0 Å². The van der Waals surface area contributed by atoms with Crippen LogP contribution in [-0.4, -0.2) is 6.10 Å². The molecule has 1 unspecified atom stereocenters. The zero-order valence-electron chi connectivity index (χ0n) is 7.87. The van der Waals surface area contributed by atoms with E-state index in [0.717, 1.165) is 17.0 Å². The topological polar surface area (TPSA) is 35.2 Å². The molecule has 2 heteroatoms. The number of benzene rings is 1. The van der Waals surface area contributed by atoms with E-state index in [4.69, 9.17) is 10.5 Å². The van der Waals surface area contributed by atoms with E-state index in [2.05, 4.69) is 13.0 Å². The van der Waals surface area contributed by atoms with Gasteiger partial charge in [0.2, 0.25) is 0 Å². The highest BCUT2D eigenvalue weighted by Crippen LogP contribution is 2.30. The summed E-state index contributed by atoms with van der Waals surface area (Å²) in [7, 11) is 0. The lowest BCUT2D eigenvalue weighted by molar-refractivity contribution is 0.253. The summed E-state index contributed by atoms with van der Waals surface area (Å²) in [4.78, 5) is 0.